The normalized spacial score (nSPS) is 11.5. The summed E-state index contributed by atoms with van der Waals surface area (Å²) in [5.41, 5.74) is 0.912. The first-order valence-corrected chi connectivity index (χ1v) is 7.95. The van der Waals surface area contributed by atoms with Gasteiger partial charge in [-0.2, -0.15) is 0 Å². The molecule has 0 radical (unpaired) electrons. The number of nitrogens with one attached hydrogen (secondary N) is 1. The Hall–Kier alpha value is -2.49. The third kappa shape index (κ3) is 6.02. The summed E-state index contributed by atoms with van der Waals surface area (Å²) in [6.07, 6.45) is 1.42. The Morgan fingerprint density at radius 2 is 1.70 bits per heavy atom. The lowest BCUT2D eigenvalue weighted by atomic mass is 10.1. The average Bonchev–Trinajstić information content (AvgIpc) is 2.59. The van der Waals surface area contributed by atoms with E-state index in [2.05, 4.69) is 5.32 Å². The van der Waals surface area contributed by atoms with Crippen LogP contribution in [0.2, 0.25) is 0 Å². The van der Waals surface area contributed by atoms with Crippen LogP contribution < -0.4 is 10.1 Å². The number of esters is 1. The summed E-state index contributed by atoms with van der Waals surface area (Å²) in [5, 5.41) is 3.23. The molecule has 0 fully saturated rings. The van der Waals surface area contributed by atoms with E-state index in [0.717, 1.165) is 17.9 Å². The third-order valence-corrected chi connectivity index (χ3v) is 3.33. The van der Waals surface area contributed by atoms with Crippen LogP contribution in [-0.2, 0) is 9.53 Å². The topological polar surface area (TPSA) is 47.6 Å². The molecular formula is C19H23NO3. The summed E-state index contributed by atoms with van der Waals surface area (Å²) < 4.78 is 10.8. The monoisotopic (exact) mass is 313 g/mol. The molecule has 0 aliphatic rings. The smallest absolute Gasteiger partial charge is 0.328 e. The molecule has 0 aliphatic carbocycles. The van der Waals surface area contributed by atoms with E-state index in [4.69, 9.17) is 9.47 Å². The van der Waals surface area contributed by atoms with E-state index in [1.165, 1.54) is 0 Å². The van der Waals surface area contributed by atoms with Gasteiger partial charge in [0.2, 0.25) is 0 Å². The van der Waals surface area contributed by atoms with Gasteiger partial charge < -0.3 is 14.8 Å². The van der Waals surface area contributed by atoms with Gasteiger partial charge in [-0.05, 0) is 44.0 Å². The summed E-state index contributed by atoms with van der Waals surface area (Å²) in [7, 11) is 0. The van der Waals surface area contributed by atoms with Gasteiger partial charge in [-0.1, -0.05) is 36.4 Å². The van der Waals surface area contributed by atoms with E-state index in [1.54, 1.807) is 0 Å². The quantitative estimate of drug-likeness (QED) is 0.563. The molecule has 4 nitrogen and oxygen atoms in total. The zero-order chi connectivity index (χ0) is 16.3. The van der Waals surface area contributed by atoms with Crippen LogP contribution in [0.25, 0.3) is 0 Å². The van der Waals surface area contributed by atoms with E-state index < -0.39 is 0 Å². The van der Waals surface area contributed by atoms with Gasteiger partial charge in [-0.3, -0.25) is 0 Å². The Labute approximate surface area is 137 Å². The molecule has 4 heteroatoms. The molecule has 0 spiro atoms. The number of benzene rings is 2. The van der Waals surface area contributed by atoms with Gasteiger partial charge in [0.15, 0.2) is 0 Å². The summed E-state index contributed by atoms with van der Waals surface area (Å²) in [6.45, 7) is 2.76. The van der Waals surface area contributed by atoms with Gasteiger partial charge in [-0.25, -0.2) is 4.79 Å². The van der Waals surface area contributed by atoms with Crippen molar-refractivity contribution in [2.75, 3.05) is 18.5 Å². The second kappa shape index (κ2) is 9.51. The average molecular weight is 313 g/mol. The minimum absolute atomic E-state index is 0.226. The number of hydrogen-bond donors (Lipinski definition) is 1. The molecule has 0 saturated carbocycles. The molecule has 1 N–H and O–H groups in total. The van der Waals surface area contributed by atoms with Crippen molar-refractivity contribution in [1.82, 2.24) is 0 Å². The Kier molecular flexibility index (Phi) is 6.98. The molecule has 0 heterocycles. The van der Waals surface area contributed by atoms with Gasteiger partial charge in [0.1, 0.15) is 11.8 Å². The molecule has 0 bridgehead atoms. The molecule has 122 valence electrons. The fraction of sp³-hybridized carbons (Fsp3) is 0.316. The van der Waals surface area contributed by atoms with Crippen LogP contribution in [0.4, 0.5) is 5.69 Å². The summed E-state index contributed by atoms with van der Waals surface area (Å²) in [5.74, 6) is 0.618. The highest BCUT2D eigenvalue weighted by Crippen LogP contribution is 2.13. The van der Waals surface area contributed by atoms with Crippen molar-refractivity contribution in [2.45, 2.75) is 25.8 Å². The highest BCUT2D eigenvalue weighted by Gasteiger charge is 2.19. The Bertz CT molecular complexity index is 572. The first-order valence-electron chi connectivity index (χ1n) is 7.95. The molecule has 0 aliphatic heterocycles. The lowest BCUT2D eigenvalue weighted by Crippen LogP contribution is -2.31. The summed E-state index contributed by atoms with van der Waals surface area (Å²) >= 11 is 0. The maximum Gasteiger partial charge on any atom is 0.328 e. The summed E-state index contributed by atoms with van der Waals surface area (Å²) in [6, 6.07) is 19.0. The molecule has 23 heavy (non-hydrogen) atoms. The Morgan fingerprint density at radius 1 is 1.04 bits per heavy atom. The second-order valence-corrected chi connectivity index (χ2v) is 5.12. The second-order valence-electron chi connectivity index (χ2n) is 5.12. The van der Waals surface area contributed by atoms with Crippen LogP contribution in [0.15, 0.2) is 60.7 Å². The largest absolute Gasteiger partial charge is 0.494 e. The highest BCUT2D eigenvalue weighted by atomic mass is 16.5. The third-order valence-electron chi connectivity index (χ3n) is 3.33. The standard InChI is InChI=1S/C19H23NO3/c1-2-22-19(21)18(20-16-10-5-3-6-11-16)14-9-15-23-17-12-7-4-8-13-17/h3-8,10-13,18,20H,2,9,14-15H2,1H3. The van der Waals surface area contributed by atoms with Crippen molar-refractivity contribution in [3.63, 3.8) is 0 Å². The molecule has 2 aromatic carbocycles. The maximum absolute atomic E-state index is 12.1. The Morgan fingerprint density at radius 3 is 2.35 bits per heavy atom. The molecule has 0 saturated heterocycles. The van der Waals surface area contributed by atoms with Gasteiger partial charge in [0.05, 0.1) is 13.2 Å². The van der Waals surface area contributed by atoms with E-state index in [9.17, 15) is 4.79 Å². The minimum Gasteiger partial charge on any atom is -0.494 e. The fourth-order valence-corrected chi connectivity index (χ4v) is 2.22. The number of carbonyl (C=O) groups is 1. The van der Waals surface area contributed by atoms with Gasteiger partial charge >= 0.3 is 5.97 Å². The minimum atomic E-state index is -0.364. The van der Waals surface area contributed by atoms with Crippen molar-refractivity contribution in [3.05, 3.63) is 60.7 Å². The molecular weight excluding hydrogens is 290 g/mol. The Balaban J connectivity index is 1.83. The van der Waals surface area contributed by atoms with Crippen LogP contribution >= 0.6 is 0 Å². The maximum atomic E-state index is 12.1. The fourth-order valence-electron chi connectivity index (χ4n) is 2.22. The SMILES string of the molecule is CCOC(=O)C(CCCOc1ccccc1)Nc1ccccc1. The van der Waals surface area contributed by atoms with Gasteiger partial charge in [-0.15, -0.1) is 0 Å². The first-order chi connectivity index (χ1) is 11.3. The predicted molar refractivity (Wildman–Crippen MR) is 91.7 cm³/mol. The van der Waals surface area contributed by atoms with E-state index in [1.807, 2.05) is 67.6 Å². The van der Waals surface area contributed by atoms with E-state index in [0.29, 0.717) is 19.6 Å². The van der Waals surface area contributed by atoms with Crippen LogP contribution in [0, 0.1) is 0 Å². The van der Waals surface area contributed by atoms with Crippen molar-refractivity contribution in [1.29, 1.82) is 0 Å². The van der Waals surface area contributed by atoms with E-state index in [-0.39, 0.29) is 12.0 Å². The molecule has 1 unspecified atom stereocenters. The number of para-hydroxylation sites is 2. The molecule has 0 aromatic heterocycles. The summed E-state index contributed by atoms with van der Waals surface area (Å²) in [4.78, 5) is 12.1. The lowest BCUT2D eigenvalue weighted by Gasteiger charge is -2.18. The predicted octanol–water partition coefficient (Wildman–Crippen LogP) is 3.89. The number of carbonyl (C=O) groups excluding carboxylic acids is 1. The highest BCUT2D eigenvalue weighted by molar-refractivity contribution is 5.79. The van der Waals surface area contributed by atoms with Crippen LogP contribution in [0.5, 0.6) is 5.75 Å². The van der Waals surface area contributed by atoms with Crippen LogP contribution in [-0.4, -0.2) is 25.2 Å². The van der Waals surface area contributed by atoms with E-state index >= 15 is 0 Å². The first kappa shape index (κ1) is 16.9. The van der Waals surface area contributed by atoms with Crippen LogP contribution in [0.1, 0.15) is 19.8 Å². The van der Waals surface area contributed by atoms with Crippen molar-refractivity contribution in [2.24, 2.45) is 0 Å². The van der Waals surface area contributed by atoms with Crippen molar-refractivity contribution in [3.8, 4) is 5.75 Å². The molecule has 2 aromatic rings. The zero-order valence-electron chi connectivity index (χ0n) is 13.4. The number of rotatable bonds is 9. The van der Waals surface area contributed by atoms with Crippen LogP contribution in [0.3, 0.4) is 0 Å². The number of hydrogen-bond acceptors (Lipinski definition) is 4. The van der Waals surface area contributed by atoms with Crippen molar-refractivity contribution < 1.29 is 14.3 Å². The molecule has 2 rings (SSSR count). The van der Waals surface area contributed by atoms with Gasteiger partial charge in [0, 0.05) is 5.69 Å². The molecule has 0 amide bonds. The number of ether oxygens (including phenoxy) is 2. The van der Waals surface area contributed by atoms with Crippen molar-refractivity contribution >= 4 is 11.7 Å². The lowest BCUT2D eigenvalue weighted by molar-refractivity contribution is -0.144. The number of anilines is 1. The van der Waals surface area contributed by atoms with Gasteiger partial charge in [0.25, 0.3) is 0 Å². The zero-order valence-corrected chi connectivity index (χ0v) is 13.4. The molecule has 1 atom stereocenters.